The molecular formula is C9H19NO2S. The molecule has 13 heavy (non-hydrogen) atoms. The van der Waals surface area contributed by atoms with Crippen molar-refractivity contribution < 1.29 is 9.84 Å². The Balaban J connectivity index is 1.93. The van der Waals surface area contributed by atoms with Crippen LogP contribution < -0.4 is 5.32 Å². The van der Waals surface area contributed by atoms with E-state index in [0.717, 1.165) is 18.1 Å². The van der Waals surface area contributed by atoms with Gasteiger partial charge in [-0.1, -0.05) is 0 Å². The van der Waals surface area contributed by atoms with Crippen LogP contribution in [0.4, 0.5) is 0 Å². The lowest BCUT2D eigenvalue weighted by Gasteiger charge is -2.11. The molecule has 0 radical (unpaired) electrons. The number of hydrogen-bond donors (Lipinski definition) is 2. The highest BCUT2D eigenvalue weighted by Gasteiger charge is 2.15. The molecule has 2 N–H and O–H groups in total. The molecular weight excluding hydrogens is 186 g/mol. The van der Waals surface area contributed by atoms with Crippen molar-refractivity contribution in [1.82, 2.24) is 5.32 Å². The lowest BCUT2D eigenvalue weighted by atomic mass is 10.3. The van der Waals surface area contributed by atoms with E-state index in [1.54, 1.807) is 11.8 Å². The third-order valence-electron chi connectivity index (χ3n) is 2.08. The Morgan fingerprint density at radius 3 is 3.15 bits per heavy atom. The largest absolute Gasteiger partial charge is 0.391 e. The van der Waals surface area contributed by atoms with Gasteiger partial charge in [0.2, 0.25) is 0 Å². The maximum absolute atomic E-state index is 9.40. The van der Waals surface area contributed by atoms with E-state index in [-0.39, 0.29) is 6.10 Å². The monoisotopic (exact) mass is 205 g/mol. The molecule has 1 heterocycles. The second-order valence-electron chi connectivity index (χ2n) is 3.38. The summed E-state index contributed by atoms with van der Waals surface area (Å²) >= 11 is 1.78. The van der Waals surface area contributed by atoms with Gasteiger partial charge < -0.3 is 15.2 Å². The molecule has 0 aromatic carbocycles. The Kier molecular flexibility index (Phi) is 5.78. The van der Waals surface area contributed by atoms with Gasteiger partial charge in [-0.25, -0.2) is 0 Å². The number of hydrogen-bond acceptors (Lipinski definition) is 4. The van der Waals surface area contributed by atoms with Crippen LogP contribution in [0.2, 0.25) is 0 Å². The Hall–Kier alpha value is 0.230. The van der Waals surface area contributed by atoms with Crippen molar-refractivity contribution >= 4 is 11.8 Å². The minimum Gasteiger partial charge on any atom is -0.391 e. The van der Waals surface area contributed by atoms with Crippen molar-refractivity contribution in [2.45, 2.75) is 25.0 Å². The molecule has 1 rings (SSSR count). The van der Waals surface area contributed by atoms with Crippen molar-refractivity contribution in [2.75, 3.05) is 31.7 Å². The maximum Gasteiger partial charge on any atom is 0.0754 e. The quantitative estimate of drug-likeness (QED) is 0.662. The van der Waals surface area contributed by atoms with Crippen LogP contribution in [0.15, 0.2) is 0 Å². The van der Waals surface area contributed by atoms with Gasteiger partial charge in [0.25, 0.3) is 0 Å². The lowest BCUT2D eigenvalue weighted by Crippen LogP contribution is -2.26. The van der Waals surface area contributed by atoms with E-state index in [0.29, 0.717) is 12.6 Å². The zero-order chi connectivity index (χ0) is 9.52. The van der Waals surface area contributed by atoms with Crippen LogP contribution in [0.25, 0.3) is 0 Å². The summed E-state index contributed by atoms with van der Waals surface area (Å²) in [5.41, 5.74) is 0. The molecule has 0 aliphatic carbocycles. The minimum atomic E-state index is -0.226. The van der Waals surface area contributed by atoms with Crippen molar-refractivity contribution in [1.29, 1.82) is 0 Å². The zero-order valence-corrected chi connectivity index (χ0v) is 8.98. The average Bonchev–Trinajstić information content (AvgIpc) is 2.57. The summed E-state index contributed by atoms with van der Waals surface area (Å²) in [6.07, 6.45) is 2.60. The third kappa shape index (κ3) is 4.86. The molecule has 0 aromatic heterocycles. The SMILES string of the molecule is CNCC(O)CSCC1CCCO1. The second-order valence-corrected chi connectivity index (χ2v) is 4.46. The molecule has 1 aliphatic heterocycles. The number of ether oxygens (including phenoxy) is 1. The molecule has 1 aliphatic rings. The molecule has 2 atom stereocenters. The van der Waals surface area contributed by atoms with Gasteiger partial charge >= 0.3 is 0 Å². The normalized spacial score (nSPS) is 24.9. The summed E-state index contributed by atoms with van der Waals surface area (Å²) in [5, 5.41) is 12.4. The van der Waals surface area contributed by atoms with E-state index in [4.69, 9.17) is 4.74 Å². The van der Waals surface area contributed by atoms with Crippen LogP contribution in [0.5, 0.6) is 0 Å². The van der Waals surface area contributed by atoms with E-state index in [2.05, 4.69) is 5.32 Å². The molecule has 1 fully saturated rings. The van der Waals surface area contributed by atoms with Crippen molar-refractivity contribution in [3.63, 3.8) is 0 Å². The highest BCUT2D eigenvalue weighted by atomic mass is 32.2. The fourth-order valence-electron chi connectivity index (χ4n) is 1.41. The van der Waals surface area contributed by atoms with E-state index >= 15 is 0 Å². The van der Waals surface area contributed by atoms with E-state index < -0.39 is 0 Å². The predicted molar refractivity (Wildman–Crippen MR) is 56.2 cm³/mol. The third-order valence-corrected chi connectivity index (χ3v) is 3.31. The first-order valence-corrected chi connectivity index (χ1v) is 6.00. The second kappa shape index (κ2) is 6.65. The number of rotatable bonds is 6. The fraction of sp³-hybridized carbons (Fsp3) is 1.00. The first-order valence-electron chi connectivity index (χ1n) is 4.85. The van der Waals surface area contributed by atoms with Crippen molar-refractivity contribution in [3.05, 3.63) is 0 Å². The van der Waals surface area contributed by atoms with E-state index in [9.17, 15) is 5.11 Å². The van der Waals surface area contributed by atoms with Crippen LogP contribution in [0, 0.1) is 0 Å². The Morgan fingerprint density at radius 1 is 1.69 bits per heavy atom. The number of nitrogens with one attached hydrogen (secondary N) is 1. The Morgan fingerprint density at radius 2 is 2.54 bits per heavy atom. The minimum absolute atomic E-state index is 0.226. The van der Waals surface area contributed by atoms with Gasteiger partial charge in [0, 0.05) is 24.7 Å². The number of thioether (sulfide) groups is 1. The number of likely N-dealkylation sites (N-methyl/N-ethyl adjacent to an activating group) is 1. The molecule has 1 saturated heterocycles. The number of aliphatic hydroxyl groups excluding tert-OH is 1. The number of aliphatic hydroxyl groups is 1. The zero-order valence-electron chi connectivity index (χ0n) is 8.16. The van der Waals surface area contributed by atoms with Gasteiger partial charge in [0.05, 0.1) is 12.2 Å². The summed E-state index contributed by atoms with van der Waals surface area (Å²) in [5.74, 6) is 1.83. The maximum atomic E-state index is 9.40. The van der Waals surface area contributed by atoms with Crippen molar-refractivity contribution in [3.8, 4) is 0 Å². The molecule has 0 spiro atoms. The first-order chi connectivity index (χ1) is 6.33. The molecule has 0 bridgehead atoms. The fourth-order valence-corrected chi connectivity index (χ4v) is 2.46. The molecule has 2 unspecified atom stereocenters. The van der Waals surface area contributed by atoms with Gasteiger partial charge in [0.15, 0.2) is 0 Å². The average molecular weight is 205 g/mol. The summed E-state index contributed by atoms with van der Waals surface area (Å²) in [6.45, 7) is 1.60. The van der Waals surface area contributed by atoms with Gasteiger partial charge in [-0.15, -0.1) is 0 Å². The summed E-state index contributed by atoms with van der Waals surface area (Å²) < 4.78 is 5.48. The van der Waals surface area contributed by atoms with Gasteiger partial charge in [0.1, 0.15) is 0 Å². The van der Waals surface area contributed by atoms with Crippen LogP contribution >= 0.6 is 11.8 Å². The molecule has 3 nitrogen and oxygen atoms in total. The molecule has 0 aromatic rings. The van der Waals surface area contributed by atoms with Crippen LogP contribution in [0.3, 0.4) is 0 Å². The highest BCUT2D eigenvalue weighted by Crippen LogP contribution is 2.17. The molecule has 0 amide bonds. The highest BCUT2D eigenvalue weighted by molar-refractivity contribution is 7.99. The van der Waals surface area contributed by atoms with Gasteiger partial charge in [-0.05, 0) is 19.9 Å². The van der Waals surface area contributed by atoms with Crippen molar-refractivity contribution in [2.24, 2.45) is 0 Å². The Labute approximate surface area is 84.2 Å². The topological polar surface area (TPSA) is 41.5 Å². The summed E-state index contributed by atoms with van der Waals surface area (Å²) in [6, 6.07) is 0. The van der Waals surface area contributed by atoms with Gasteiger partial charge in [-0.3, -0.25) is 0 Å². The van der Waals surface area contributed by atoms with Crippen LogP contribution in [0.1, 0.15) is 12.8 Å². The Bertz CT molecular complexity index is 129. The molecule has 4 heteroatoms. The van der Waals surface area contributed by atoms with E-state index in [1.165, 1.54) is 12.8 Å². The van der Waals surface area contributed by atoms with Crippen LogP contribution in [-0.2, 0) is 4.74 Å². The van der Waals surface area contributed by atoms with E-state index in [1.807, 2.05) is 7.05 Å². The van der Waals surface area contributed by atoms with Gasteiger partial charge in [-0.2, -0.15) is 11.8 Å². The molecule has 0 saturated carbocycles. The smallest absolute Gasteiger partial charge is 0.0754 e. The predicted octanol–water partition coefficient (Wildman–Crippen LogP) is 0.479. The first kappa shape index (κ1) is 11.3. The standard InChI is InChI=1S/C9H19NO2S/c1-10-5-8(11)6-13-7-9-3-2-4-12-9/h8-11H,2-7H2,1H3. The lowest BCUT2D eigenvalue weighted by molar-refractivity contribution is 0.128. The molecule has 78 valence electrons. The summed E-state index contributed by atoms with van der Waals surface area (Å²) in [7, 11) is 1.86. The van der Waals surface area contributed by atoms with Crippen LogP contribution in [-0.4, -0.2) is 49.0 Å². The summed E-state index contributed by atoms with van der Waals surface area (Å²) in [4.78, 5) is 0.